The van der Waals surface area contributed by atoms with Crippen molar-refractivity contribution < 1.29 is 4.79 Å². The van der Waals surface area contributed by atoms with Crippen LogP contribution in [0, 0.1) is 0 Å². The van der Waals surface area contributed by atoms with Gasteiger partial charge in [-0.15, -0.1) is 0 Å². The van der Waals surface area contributed by atoms with Gasteiger partial charge in [0.2, 0.25) is 5.91 Å². The minimum atomic E-state index is -0.518. The second-order valence-electron chi connectivity index (χ2n) is 4.43. The number of benzene rings is 1. The van der Waals surface area contributed by atoms with Gasteiger partial charge in [0.25, 0.3) is 5.56 Å². The van der Waals surface area contributed by atoms with Crippen LogP contribution < -0.4 is 15.8 Å². The highest BCUT2D eigenvalue weighted by Crippen LogP contribution is 2.25. The van der Waals surface area contributed by atoms with E-state index in [0.717, 1.165) is 0 Å². The molecule has 1 heterocycles. The van der Waals surface area contributed by atoms with Gasteiger partial charge in [-0.25, -0.2) is 5.10 Å². The number of nitrogens with one attached hydrogen (secondary N) is 2. The molecular formula is C13H11Cl3N4O2. The number of hydrogen-bond donors (Lipinski definition) is 2. The molecule has 2 N–H and O–H groups in total. The van der Waals surface area contributed by atoms with E-state index >= 15 is 0 Å². The molecule has 1 aromatic heterocycles. The summed E-state index contributed by atoms with van der Waals surface area (Å²) < 4.78 is 0. The smallest absolute Gasteiger partial charge is 0.285 e. The standard InChI is InChI=1S/C13H11Cl3N4O2/c1-20(10-5-17-19-13(22)12(10)16)6-11(21)18-7-2-3-8(14)9(15)4-7/h2-5H,6H2,1H3,(H,18,21)(H,19,22). The minimum absolute atomic E-state index is 0.0227. The molecule has 1 amide bonds. The number of likely N-dealkylation sites (N-methyl/N-ethyl adjacent to an activating group) is 1. The molecular weight excluding hydrogens is 351 g/mol. The number of carbonyl (C=O) groups excluding carboxylic acids is 1. The third kappa shape index (κ3) is 3.91. The highest BCUT2D eigenvalue weighted by atomic mass is 35.5. The van der Waals surface area contributed by atoms with E-state index < -0.39 is 5.56 Å². The summed E-state index contributed by atoms with van der Waals surface area (Å²) >= 11 is 17.6. The predicted octanol–water partition coefficient (Wildman–Crippen LogP) is 2.80. The van der Waals surface area contributed by atoms with Crippen molar-refractivity contribution in [3.63, 3.8) is 0 Å². The number of carbonyl (C=O) groups is 1. The van der Waals surface area contributed by atoms with Crippen molar-refractivity contribution in [2.75, 3.05) is 23.8 Å². The van der Waals surface area contributed by atoms with Gasteiger partial charge >= 0.3 is 0 Å². The molecule has 0 saturated heterocycles. The summed E-state index contributed by atoms with van der Waals surface area (Å²) in [5, 5.41) is 9.25. The molecule has 0 atom stereocenters. The number of aromatic amines is 1. The highest BCUT2D eigenvalue weighted by Gasteiger charge is 2.13. The van der Waals surface area contributed by atoms with Crippen LogP contribution in [0.1, 0.15) is 0 Å². The Morgan fingerprint density at radius 1 is 1.32 bits per heavy atom. The Labute approximate surface area is 141 Å². The average Bonchev–Trinajstić information content (AvgIpc) is 2.45. The zero-order chi connectivity index (χ0) is 16.3. The van der Waals surface area contributed by atoms with Gasteiger partial charge in [0.1, 0.15) is 5.02 Å². The Kier molecular flexibility index (Phi) is 5.28. The molecule has 0 aliphatic rings. The first kappa shape index (κ1) is 16.6. The Balaban J connectivity index is 2.06. The van der Waals surface area contributed by atoms with Gasteiger partial charge in [0, 0.05) is 12.7 Å². The summed E-state index contributed by atoms with van der Waals surface area (Å²) in [5.41, 5.74) is 0.355. The lowest BCUT2D eigenvalue weighted by Crippen LogP contribution is -2.31. The van der Waals surface area contributed by atoms with E-state index in [1.807, 2.05) is 0 Å². The van der Waals surface area contributed by atoms with Crippen molar-refractivity contribution in [2.45, 2.75) is 0 Å². The van der Waals surface area contributed by atoms with Crippen LogP contribution in [0.5, 0.6) is 0 Å². The lowest BCUT2D eigenvalue weighted by atomic mass is 10.3. The molecule has 2 rings (SSSR count). The average molecular weight is 362 g/mol. The van der Waals surface area contributed by atoms with Crippen molar-refractivity contribution in [1.29, 1.82) is 0 Å². The van der Waals surface area contributed by atoms with Crippen molar-refractivity contribution >= 4 is 52.1 Å². The van der Waals surface area contributed by atoms with Crippen LogP contribution in [-0.4, -0.2) is 29.7 Å². The minimum Gasteiger partial charge on any atom is -0.363 e. The number of H-pyrrole nitrogens is 1. The molecule has 6 nitrogen and oxygen atoms in total. The molecule has 0 aliphatic heterocycles. The molecule has 0 radical (unpaired) electrons. The van der Waals surface area contributed by atoms with E-state index in [0.29, 0.717) is 21.4 Å². The summed E-state index contributed by atoms with van der Waals surface area (Å²) in [4.78, 5) is 24.9. The monoisotopic (exact) mass is 360 g/mol. The molecule has 0 fully saturated rings. The van der Waals surface area contributed by atoms with Gasteiger partial charge in [-0.05, 0) is 18.2 Å². The van der Waals surface area contributed by atoms with Gasteiger partial charge in [-0.1, -0.05) is 34.8 Å². The number of amides is 1. The Bertz CT molecular complexity index is 763. The fourth-order valence-corrected chi connectivity index (χ4v) is 2.25. The van der Waals surface area contributed by atoms with Gasteiger partial charge in [0.05, 0.1) is 28.5 Å². The lowest BCUT2D eigenvalue weighted by Gasteiger charge is -2.19. The van der Waals surface area contributed by atoms with Crippen LogP contribution >= 0.6 is 34.8 Å². The topological polar surface area (TPSA) is 78.1 Å². The van der Waals surface area contributed by atoms with E-state index in [-0.39, 0.29) is 17.5 Å². The zero-order valence-corrected chi connectivity index (χ0v) is 13.6. The van der Waals surface area contributed by atoms with Gasteiger partial charge in [0.15, 0.2) is 0 Å². The van der Waals surface area contributed by atoms with Crippen molar-refractivity contribution in [3.8, 4) is 0 Å². The first-order chi connectivity index (χ1) is 10.4. The molecule has 0 aliphatic carbocycles. The summed E-state index contributed by atoms with van der Waals surface area (Å²) in [5.74, 6) is -0.308. The molecule has 0 unspecified atom stereocenters. The fraction of sp³-hybridized carbons (Fsp3) is 0.154. The Hall–Kier alpha value is -1.76. The number of aromatic nitrogens is 2. The van der Waals surface area contributed by atoms with Gasteiger partial charge < -0.3 is 10.2 Å². The molecule has 0 spiro atoms. The summed E-state index contributed by atoms with van der Waals surface area (Å²) in [7, 11) is 1.62. The van der Waals surface area contributed by atoms with Gasteiger partial charge in [-0.2, -0.15) is 5.10 Å². The third-order valence-electron chi connectivity index (χ3n) is 2.77. The molecule has 0 saturated carbocycles. The molecule has 116 valence electrons. The first-order valence-corrected chi connectivity index (χ1v) is 7.21. The highest BCUT2D eigenvalue weighted by molar-refractivity contribution is 6.42. The Morgan fingerprint density at radius 2 is 2.05 bits per heavy atom. The van der Waals surface area contributed by atoms with Crippen LogP contribution in [0.15, 0.2) is 29.2 Å². The maximum Gasteiger partial charge on any atom is 0.285 e. The van der Waals surface area contributed by atoms with E-state index in [4.69, 9.17) is 34.8 Å². The van der Waals surface area contributed by atoms with Crippen LogP contribution in [-0.2, 0) is 4.79 Å². The molecule has 2 aromatic rings. The quantitative estimate of drug-likeness (QED) is 0.878. The van der Waals surface area contributed by atoms with Crippen LogP contribution in [0.25, 0.3) is 0 Å². The third-order valence-corrected chi connectivity index (χ3v) is 3.88. The van der Waals surface area contributed by atoms with E-state index in [1.54, 1.807) is 25.2 Å². The Morgan fingerprint density at radius 3 is 2.73 bits per heavy atom. The summed E-state index contributed by atoms with van der Waals surface area (Å²) in [6.07, 6.45) is 1.37. The van der Waals surface area contributed by atoms with E-state index in [9.17, 15) is 9.59 Å². The lowest BCUT2D eigenvalue weighted by molar-refractivity contribution is -0.114. The largest absolute Gasteiger partial charge is 0.363 e. The van der Waals surface area contributed by atoms with Crippen LogP contribution in [0.2, 0.25) is 15.1 Å². The van der Waals surface area contributed by atoms with Crippen LogP contribution in [0.4, 0.5) is 11.4 Å². The maximum atomic E-state index is 12.0. The first-order valence-electron chi connectivity index (χ1n) is 6.07. The normalized spacial score (nSPS) is 10.4. The molecule has 1 aromatic carbocycles. The van der Waals surface area contributed by atoms with E-state index in [2.05, 4.69) is 15.5 Å². The van der Waals surface area contributed by atoms with E-state index in [1.165, 1.54) is 11.1 Å². The number of halogens is 3. The summed E-state index contributed by atoms with van der Waals surface area (Å²) in [6.45, 7) is -0.0227. The van der Waals surface area contributed by atoms with Crippen LogP contribution in [0.3, 0.4) is 0 Å². The SMILES string of the molecule is CN(CC(=O)Nc1ccc(Cl)c(Cl)c1)c1cn[nH]c(=O)c1Cl. The number of rotatable bonds is 4. The number of anilines is 2. The number of nitrogens with zero attached hydrogens (tertiary/aromatic N) is 2. The van der Waals surface area contributed by atoms with Crippen molar-refractivity contribution in [3.05, 3.63) is 49.8 Å². The summed E-state index contributed by atoms with van der Waals surface area (Å²) in [6, 6.07) is 4.76. The fourth-order valence-electron chi connectivity index (χ4n) is 1.72. The molecule has 22 heavy (non-hydrogen) atoms. The van der Waals surface area contributed by atoms with Crippen molar-refractivity contribution in [2.24, 2.45) is 0 Å². The predicted molar refractivity (Wildman–Crippen MR) is 88.2 cm³/mol. The van der Waals surface area contributed by atoms with Crippen molar-refractivity contribution in [1.82, 2.24) is 10.2 Å². The molecule has 0 bridgehead atoms. The van der Waals surface area contributed by atoms with Gasteiger partial charge in [-0.3, -0.25) is 9.59 Å². The maximum absolute atomic E-state index is 12.0. The second kappa shape index (κ2) is 7.00. The molecule has 9 heteroatoms. The second-order valence-corrected chi connectivity index (χ2v) is 5.62. The number of hydrogen-bond acceptors (Lipinski definition) is 4. The zero-order valence-electron chi connectivity index (χ0n) is 11.4.